The molecular weight excluding hydrogens is 322 g/mol. The van der Waals surface area contributed by atoms with Crippen LogP contribution in [-0.4, -0.2) is 32.9 Å². The molecule has 0 radical (unpaired) electrons. The smallest absolute Gasteiger partial charge is 0.271 e. The minimum Gasteiger partial charge on any atom is -0.497 e. The van der Waals surface area contributed by atoms with E-state index in [-0.39, 0.29) is 6.61 Å². The minimum absolute atomic E-state index is 0.0327. The maximum Gasteiger partial charge on any atom is 0.271 e. The monoisotopic (exact) mass is 339 g/mol. The van der Waals surface area contributed by atoms with E-state index in [1.807, 2.05) is 6.07 Å². The Morgan fingerprint density at radius 1 is 1.16 bits per heavy atom. The fourth-order valence-electron chi connectivity index (χ4n) is 1.97. The number of ether oxygens (including phenoxy) is 3. The highest BCUT2D eigenvalue weighted by atomic mass is 16.5. The molecule has 0 bridgehead atoms. The summed E-state index contributed by atoms with van der Waals surface area (Å²) in [5.74, 6) is 1.17. The standard InChI is InChI=1S/C18H17N3O4/c1-23-16-9-14(10-17(11-16)24-2)18(22)21-20-12-13-4-3-5-15(8-13)25-7-6-19/h3-5,8-12H,7H2,1-2H3,(H,21,22)/b20-12-. The van der Waals surface area contributed by atoms with Gasteiger partial charge in [-0.25, -0.2) is 5.43 Å². The third-order valence-electron chi connectivity index (χ3n) is 3.15. The molecule has 0 aromatic heterocycles. The molecule has 128 valence electrons. The second-order valence-corrected chi connectivity index (χ2v) is 4.82. The molecule has 1 N–H and O–H groups in total. The Balaban J connectivity index is 2.04. The maximum absolute atomic E-state index is 12.2. The van der Waals surface area contributed by atoms with Crippen molar-refractivity contribution in [2.24, 2.45) is 5.10 Å². The Kier molecular flexibility index (Phi) is 6.37. The van der Waals surface area contributed by atoms with Crippen molar-refractivity contribution in [3.63, 3.8) is 0 Å². The zero-order chi connectivity index (χ0) is 18.1. The summed E-state index contributed by atoms with van der Waals surface area (Å²) < 4.78 is 15.5. The summed E-state index contributed by atoms with van der Waals surface area (Å²) in [4.78, 5) is 12.2. The summed E-state index contributed by atoms with van der Waals surface area (Å²) in [6.45, 7) is -0.0327. The van der Waals surface area contributed by atoms with E-state index in [2.05, 4.69) is 10.5 Å². The first-order valence-electron chi connectivity index (χ1n) is 7.32. The lowest BCUT2D eigenvalue weighted by Gasteiger charge is -2.07. The topological polar surface area (TPSA) is 92.9 Å². The van der Waals surface area contributed by atoms with Crippen LogP contribution >= 0.6 is 0 Å². The highest BCUT2D eigenvalue weighted by Crippen LogP contribution is 2.22. The number of carbonyl (C=O) groups is 1. The van der Waals surface area contributed by atoms with Crippen LogP contribution in [0.5, 0.6) is 17.2 Å². The number of hydrazone groups is 1. The third-order valence-corrected chi connectivity index (χ3v) is 3.15. The first-order valence-corrected chi connectivity index (χ1v) is 7.32. The largest absolute Gasteiger partial charge is 0.497 e. The van der Waals surface area contributed by atoms with Crippen molar-refractivity contribution in [3.8, 4) is 23.3 Å². The van der Waals surface area contributed by atoms with Crippen LogP contribution in [0, 0.1) is 11.3 Å². The molecule has 7 nitrogen and oxygen atoms in total. The van der Waals surface area contributed by atoms with Gasteiger partial charge in [-0.2, -0.15) is 10.4 Å². The Morgan fingerprint density at radius 3 is 2.52 bits per heavy atom. The van der Waals surface area contributed by atoms with Crippen LogP contribution in [-0.2, 0) is 0 Å². The Labute approximate surface area is 145 Å². The number of benzene rings is 2. The predicted molar refractivity (Wildman–Crippen MR) is 92.2 cm³/mol. The second kappa shape index (κ2) is 8.93. The first-order chi connectivity index (χ1) is 12.2. The van der Waals surface area contributed by atoms with E-state index < -0.39 is 5.91 Å². The van der Waals surface area contributed by atoms with Crippen molar-refractivity contribution >= 4 is 12.1 Å². The van der Waals surface area contributed by atoms with E-state index >= 15 is 0 Å². The van der Waals surface area contributed by atoms with Crippen molar-refractivity contribution < 1.29 is 19.0 Å². The van der Waals surface area contributed by atoms with Crippen molar-refractivity contribution in [3.05, 3.63) is 53.6 Å². The molecule has 2 aromatic carbocycles. The van der Waals surface area contributed by atoms with E-state index in [9.17, 15) is 4.79 Å². The molecule has 0 fully saturated rings. The summed E-state index contributed by atoms with van der Waals surface area (Å²) in [6, 6.07) is 13.7. The molecule has 0 unspecified atom stereocenters. The van der Waals surface area contributed by atoms with Gasteiger partial charge in [0.05, 0.1) is 20.4 Å². The highest BCUT2D eigenvalue weighted by molar-refractivity contribution is 5.95. The molecule has 7 heteroatoms. The molecule has 0 heterocycles. The highest BCUT2D eigenvalue weighted by Gasteiger charge is 2.09. The summed E-state index contributed by atoms with van der Waals surface area (Å²) in [5, 5.41) is 12.4. The number of nitrogens with one attached hydrogen (secondary N) is 1. The number of rotatable bonds is 7. The average molecular weight is 339 g/mol. The Morgan fingerprint density at radius 2 is 1.88 bits per heavy atom. The second-order valence-electron chi connectivity index (χ2n) is 4.82. The van der Waals surface area contributed by atoms with Crippen LogP contribution in [0.25, 0.3) is 0 Å². The summed E-state index contributed by atoms with van der Waals surface area (Å²) >= 11 is 0. The van der Waals surface area contributed by atoms with E-state index in [1.165, 1.54) is 20.4 Å². The first kappa shape index (κ1) is 17.8. The van der Waals surface area contributed by atoms with Gasteiger partial charge in [0.15, 0.2) is 6.61 Å². The van der Waals surface area contributed by atoms with Gasteiger partial charge in [-0.3, -0.25) is 4.79 Å². The number of amides is 1. The van der Waals surface area contributed by atoms with Crippen molar-refractivity contribution in [2.75, 3.05) is 20.8 Å². The van der Waals surface area contributed by atoms with E-state index in [0.717, 1.165) is 5.56 Å². The van der Waals surface area contributed by atoms with Gasteiger partial charge >= 0.3 is 0 Å². The van der Waals surface area contributed by atoms with Gasteiger partial charge in [0.2, 0.25) is 0 Å². The minimum atomic E-state index is -0.398. The SMILES string of the molecule is COc1cc(OC)cc(C(=O)N/N=C\c2cccc(OCC#N)c2)c1. The zero-order valence-electron chi connectivity index (χ0n) is 13.9. The lowest BCUT2D eigenvalue weighted by atomic mass is 10.2. The number of carbonyl (C=O) groups excluding carboxylic acids is 1. The number of nitriles is 1. The number of methoxy groups -OCH3 is 2. The third kappa shape index (κ3) is 5.25. The summed E-state index contributed by atoms with van der Waals surface area (Å²) in [6.07, 6.45) is 1.48. The quantitative estimate of drug-likeness (QED) is 0.617. The zero-order valence-corrected chi connectivity index (χ0v) is 13.9. The molecule has 1 amide bonds. The van der Waals surface area contributed by atoms with E-state index in [4.69, 9.17) is 19.5 Å². The molecule has 0 aliphatic rings. The summed E-state index contributed by atoms with van der Waals surface area (Å²) in [5.41, 5.74) is 3.52. The van der Waals surface area contributed by atoms with Gasteiger partial charge < -0.3 is 14.2 Å². The van der Waals surface area contributed by atoms with Crippen molar-refractivity contribution in [2.45, 2.75) is 0 Å². The Hall–Kier alpha value is -3.53. The fourth-order valence-corrected chi connectivity index (χ4v) is 1.97. The van der Waals surface area contributed by atoms with Gasteiger partial charge in [-0.15, -0.1) is 0 Å². The number of nitrogens with zero attached hydrogens (tertiary/aromatic N) is 2. The molecule has 0 aliphatic carbocycles. The van der Waals surface area contributed by atoms with Gasteiger partial charge in [0.25, 0.3) is 5.91 Å². The predicted octanol–water partition coefficient (Wildman–Crippen LogP) is 2.37. The van der Waals surface area contributed by atoms with Crippen LogP contribution in [0.2, 0.25) is 0 Å². The molecule has 0 spiro atoms. The normalized spacial score (nSPS) is 10.1. The maximum atomic E-state index is 12.2. The van der Waals surface area contributed by atoms with Crippen LogP contribution in [0.3, 0.4) is 0 Å². The molecule has 0 aliphatic heterocycles. The Bertz CT molecular complexity index is 790. The molecule has 0 saturated heterocycles. The molecule has 2 aromatic rings. The lowest BCUT2D eigenvalue weighted by molar-refractivity contribution is 0.0954. The van der Waals surface area contributed by atoms with Crippen LogP contribution in [0.1, 0.15) is 15.9 Å². The number of hydrogen-bond donors (Lipinski definition) is 1. The molecule has 2 rings (SSSR count). The van der Waals surface area contributed by atoms with Crippen molar-refractivity contribution in [1.82, 2.24) is 5.43 Å². The molecular formula is C18H17N3O4. The van der Waals surface area contributed by atoms with Crippen LogP contribution in [0.4, 0.5) is 0 Å². The van der Waals surface area contributed by atoms with Crippen LogP contribution < -0.4 is 19.6 Å². The van der Waals surface area contributed by atoms with Crippen molar-refractivity contribution in [1.29, 1.82) is 5.26 Å². The lowest BCUT2D eigenvalue weighted by Crippen LogP contribution is -2.17. The van der Waals surface area contributed by atoms with Crippen LogP contribution in [0.15, 0.2) is 47.6 Å². The summed E-state index contributed by atoms with van der Waals surface area (Å²) in [7, 11) is 3.02. The van der Waals surface area contributed by atoms with Gasteiger partial charge in [0, 0.05) is 11.6 Å². The molecule has 0 saturated carbocycles. The van der Waals surface area contributed by atoms with Gasteiger partial charge in [-0.05, 0) is 29.8 Å². The average Bonchev–Trinajstić information content (AvgIpc) is 2.66. The molecule has 25 heavy (non-hydrogen) atoms. The van der Waals surface area contributed by atoms with E-state index in [0.29, 0.717) is 22.8 Å². The fraction of sp³-hybridized carbons (Fsp3) is 0.167. The van der Waals surface area contributed by atoms with E-state index in [1.54, 1.807) is 42.5 Å². The number of hydrogen-bond acceptors (Lipinski definition) is 6. The van der Waals surface area contributed by atoms with Gasteiger partial charge in [0.1, 0.15) is 23.3 Å². The van der Waals surface area contributed by atoms with Gasteiger partial charge in [-0.1, -0.05) is 12.1 Å². The molecule has 0 atom stereocenters.